The normalized spacial score (nSPS) is 23.8. The van der Waals surface area contributed by atoms with Crippen LogP contribution in [0.3, 0.4) is 0 Å². The van der Waals surface area contributed by atoms with Crippen LogP contribution in [0.15, 0.2) is 83.7 Å². The summed E-state index contributed by atoms with van der Waals surface area (Å²) in [7, 11) is -2.16. The quantitative estimate of drug-likeness (QED) is 0.120. The number of nitrogens with one attached hydrogen (secondary N) is 2. The second-order valence-corrected chi connectivity index (χ2v) is 22.8. The number of H-pyrrole nitrogens is 1. The fourth-order valence-corrected chi connectivity index (χ4v) is 10.8. The van der Waals surface area contributed by atoms with E-state index in [-0.39, 0.29) is 22.7 Å². The summed E-state index contributed by atoms with van der Waals surface area (Å²) in [6.45, 7) is 15.6. The maximum atomic E-state index is 12.6. The molecule has 0 radical (unpaired) electrons. The van der Waals surface area contributed by atoms with Gasteiger partial charge in [-0.15, -0.1) is 0 Å². The van der Waals surface area contributed by atoms with E-state index in [4.69, 9.17) is 13.9 Å². The minimum absolute atomic E-state index is 0.0405. The van der Waals surface area contributed by atoms with Gasteiger partial charge in [-0.2, -0.15) is 0 Å². The van der Waals surface area contributed by atoms with Gasteiger partial charge in [0, 0.05) is 24.0 Å². The molecule has 4 saturated carbocycles. The largest absolute Gasteiger partial charge is 0.494 e. The molecule has 0 spiro atoms. The lowest BCUT2D eigenvalue weighted by molar-refractivity contribution is -0.0622. The lowest BCUT2D eigenvalue weighted by Gasteiger charge is -2.57. The van der Waals surface area contributed by atoms with Crippen molar-refractivity contribution in [1.82, 2.24) is 10.3 Å². The van der Waals surface area contributed by atoms with Crippen LogP contribution < -0.4 is 20.3 Å². The highest BCUT2D eigenvalue weighted by atomic mass is 28.4. The number of hydrogen-bond acceptors (Lipinski definition) is 5. The summed E-state index contributed by atoms with van der Waals surface area (Å²) in [6.07, 6.45) is 10.7. The number of fused-ring (bicyclic) bond motifs is 1. The van der Waals surface area contributed by atoms with Gasteiger partial charge in [0.15, 0.2) is 8.32 Å². The van der Waals surface area contributed by atoms with E-state index in [0.29, 0.717) is 29.8 Å². The highest BCUT2D eigenvalue weighted by Crippen LogP contribution is 2.61. The molecule has 0 saturated heterocycles. The molecule has 2 atom stereocenters. The molecule has 4 aromatic rings. The monoisotopic (exact) mass is 720 g/mol. The number of benzene rings is 3. The number of ether oxygens (including phenoxy) is 2. The van der Waals surface area contributed by atoms with Crippen LogP contribution in [0.1, 0.15) is 95.4 Å². The van der Waals surface area contributed by atoms with Crippen molar-refractivity contribution in [2.75, 3.05) is 13.2 Å². The van der Waals surface area contributed by atoms with Gasteiger partial charge in [0.2, 0.25) is 5.56 Å². The Morgan fingerprint density at radius 3 is 2.17 bits per heavy atom. The van der Waals surface area contributed by atoms with Gasteiger partial charge in [0.25, 0.3) is 0 Å². The Balaban J connectivity index is 1.00. The molecule has 4 fully saturated rings. The zero-order valence-electron chi connectivity index (χ0n) is 32.3. The molecule has 6 nitrogen and oxygen atoms in total. The highest BCUT2D eigenvalue weighted by Gasteiger charge is 2.50. The molecule has 4 bridgehead atoms. The van der Waals surface area contributed by atoms with Crippen molar-refractivity contribution in [3.05, 3.63) is 106 Å². The van der Waals surface area contributed by atoms with Gasteiger partial charge in [-0.3, -0.25) is 4.79 Å². The molecule has 0 unspecified atom stereocenters. The Bertz CT molecular complexity index is 1830. The molecule has 0 amide bonds. The van der Waals surface area contributed by atoms with Gasteiger partial charge < -0.3 is 24.2 Å². The van der Waals surface area contributed by atoms with Crippen LogP contribution in [0.25, 0.3) is 10.9 Å². The van der Waals surface area contributed by atoms with Crippen LogP contribution in [0.4, 0.5) is 0 Å². The Kier molecular flexibility index (Phi) is 10.8. The van der Waals surface area contributed by atoms with Crippen molar-refractivity contribution in [3.8, 4) is 11.5 Å². The van der Waals surface area contributed by atoms with Gasteiger partial charge in [-0.1, -0.05) is 69.3 Å². The molecule has 7 heteroatoms. The number of aromatic amines is 1. The Morgan fingerprint density at radius 2 is 1.52 bits per heavy atom. The van der Waals surface area contributed by atoms with Gasteiger partial charge in [0.1, 0.15) is 18.1 Å². The summed E-state index contributed by atoms with van der Waals surface area (Å²) >= 11 is 0. The van der Waals surface area contributed by atoms with E-state index in [1.165, 1.54) is 50.5 Å². The van der Waals surface area contributed by atoms with Gasteiger partial charge >= 0.3 is 0 Å². The van der Waals surface area contributed by atoms with Crippen LogP contribution >= 0.6 is 0 Å². The maximum absolute atomic E-state index is 12.6. The van der Waals surface area contributed by atoms with E-state index in [9.17, 15) is 4.79 Å². The third-order valence-electron chi connectivity index (χ3n) is 12.9. The second kappa shape index (κ2) is 15.2. The van der Waals surface area contributed by atoms with Crippen molar-refractivity contribution in [2.24, 2.45) is 23.2 Å². The van der Waals surface area contributed by atoms with E-state index in [0.717, 1.165) is 53.0 Å². The molecule has 4 aliphatic carbocycles. The first-order chi connectivity index (χ1) is 24.8. The van der Waals surface area contributed by atoms with Crippen LogP contribution in [0.2, 0.25) is 18.1 Å². The molecule has 3 aromatic carbocycles. The Morgan fingerprint density at radius 1 is 0.846 bits per heavy atom. The summed E-state index contributed by atoms with van der Waals surface area (Å²) < 4.78 is 19.8. The van der Waals surface area contributed by atoms with E-state index in [1.54, 1.807) is 6.07 Å². The summed E-state index contributed by atoms with van der Waals surface area (Å²) in [5, 5.41) is 4.80. The van der Waals surface area contributed by atoms with E-state index >= 15 is 0 Å². The molecule has 2 N–H and O–H groups in total. The van der Waals surface area contributed by atoms with Crippen LogP contribution in [-0.2, 0) is 17.5 Å². The lowest BCUT2D eigenvalue weighted by atomic mass is 9.49. The fraction of sp³-hybridized carbons (Fsp3) is 0.533. The van der Waals surface area contributed by atoms with Crippen LogP contribution in [-0.4, -0.2) is 32.5 Å². The lowest BCUT2D eigenvalue weighted by Crippen LogP contribution is -2.46. The van der Waals surface area contributed by atoms with Crippen molar-refractivity contribution >= 4 is 19.2 Å². The zero-order chi connectivity index (χ0) is 36.5. The predicted octanol–water partition coefficient (Wildman–Crippen LogP) is 10.4. The molecule has 1 heterocycles. The van der Waals surface area contributed by atoms with Crippen molar-refractivity contribution in [2.45, 2.75) is 116 Å². The molecule has 8 rings (SSSR count). The summed E-state index contributed by atoms with van der Waals surface area (Å²) in [6, 6.07) is 26.7. The van der Waals surface area contributed by atoms with Crippen molar-refractivity contribution < 1.29 is 13.9 Å². The smallest absolute Gasteiger partial charge is 0.248 e. The SMILES string of the molecule is C[C@@H](Cc1ccc(OCCC23CC4CC(CC(C4)C2)C3)cc1)NC[C@H](O[Si](C)(C)C(C)(C)C)c1ccc(OCc2ccccc2)c2[nH]c(=O)ccc12. The first-order valence-electron chi connectivity index (χ1n) is 19.8. The zero-order valence-corrected chi connectivity index (χ0v) is 33.3. The van der Waals surface area contributed by atoms with Crippen molar-refractivity contribution in [3.63, 3.8) is 0 Å². The third kappa shape index (κ3) is 8.53. The van der Waals surface area contributed by atoms with E-state index < -0.39 is 8.32 Å². The minimum Gasteiger partial charge on any atom is -0.494 e. The van der Waals surface area contributed by atoms with Gasteiger partial charge in [-0.05, 0) is 141 Å². The highest BCUT2D eigenvalue weighted by molar-refractivity contribution is 6.74. The Labute approximate surface area is 312 Å². The fourth-order valence-electron chi connectivity index (χ4n) is 9.57. The van der Waals surface area contributed by atoms with E-state index in [2.05, 4.69) is 81.4 Å². The van der Waals surface area contributed by atoms with Crippen LogP contribution in [0, 0.1) is 23.2 Å². The molecule has 1 aromatic heterocycles. The first-order valence-corrected chi connectivity index (χ1v) is 22.7. The van der Waals surface area contributed by atoms with Crippen molar-refractivity contribution in [1.29, 1.82) is 0 Å². The summed E-state index contributed by atoms with van der Waals surface area (Å²) in [4.78, 5) is 15.6. The molecular formula is C45H60N2O4Si. The van der Waals surface area contributed by atoms with E-state index in [1.807, 2.05) is 42.5 Å². The first kappa shape index (κ1) is 36.9. The molecule has 278 valence electrons. The molecule has 0 aliphatic heterocycles. The number of hydrogen-bond donors (Lipinski definition) is 2. The topological polar surface area (TPSA) is 72.6 Å². The summed E-state index contributed by atoms with van der Waals surface area (Å²) in [5.74, 6) is 4.62. The maximum Gasteiger partial charge on any atom is 0.248 e. The third-order valence-corrected chi connectivity index (χ3v) is 17.4. The second-order valence-electron chi connectivity index (χ2n) is 18.1. The van der Waals surface area contributed by atoms with Gasteiger partial charge in [-0.25, -0.2) is 0 Å². The molecular weight excluding hydrogens is 661 g/mol. The number of pyridine rings is 1. The average Bonchev–Trinajstić information content (AvgIpc) is 3.09. The van der Waals surface area contributed by atoms with Crippen LogP contribution in [0.5, 0.6) is 11.5 Å². The predicted molar refractivity (Wildman–Crippen MR) is 215 cm³/mol. The summed E-state index contributed by atoms with van der Waals surface area (Å²) in [5.41, 5.74) is 4.53. The minimum atomic E-state index is -2.16. The molecule has 52 heavy (non-hydrogen) atoms. The van der Waals surface area contributed by atoms with Gasteiger partial charge in [0.05, 0.1) is 18.2 Å². The molecule has 4 aliphatic rings. The standard InChI is InChI=1S/C45H60N2O4Si/c1-31(22-32-12-14-37(15-13-32)49-21-20-45-26-34-23-35(27-45)25-36(24-34)28-45)46-29-41(51-52(5,6)44(2,3)4)38-16-18-40(43-39(38)17-19-42(48)47-43)50-30-33-10-8-7-9-11-33/h7-19,31,34-36,41,46H,20-30H2,1-6H3,(H,47,48)/t31-,34?,35?,36?,41-,45?/m0/s1. The number of rotatable bonds is 15. The number of aromatic nitrogens is 1. The average molecular weight is 721 g/mol. The Hall–Kier alpha value is -3.39.